The summed E-state index contributed by atoms with van der Waals surface area (Å²) >= 11 is 0. The van der Waals surface area contributed by atoms with E-state index in [4.69, 9.17) is 0 Å². The molecule has 29 heavy (non-hydrogen) atoms. The average Bonchev–Trinajstić information content (AvgIpc) is 2.70. The van der Waals surface area contributed by atoms with Crippen molar-refractivity contribution >= 4 is 21.6 Å². The molecule has 3 aromatic rings. The molecule has 8 heteroatoms. The number of pyridine rings is 1. The fourth-order valence-electron chi connectivity index (χ4n) is 2.79. The van der Waals surface area contributed by atoms with Gasteiger partial charge in [-0.05, 0) is 54.4 Å². The van der Waals surface area contributed by atoms with Gasteiger partial charge in [-0.3, -0.25) is 14.5 Å². The first kappa shape index (κ1) is 20.5. The largest absolute Gasteiger partial charge is 0.337 e. The smallest absolute Gasteiger partial charge is 0.261 e. The van der Waals surface area contributed by atoms with Crippen molar-refractivity contribution in [3.05, 3.63) is 89.5 Å². The van der Waals surface area contributed by atoms with E-state index in [0.717, 1.165) is 11.6 Å². The van der Waals surface area contributed by atoms with Crippen LogP contribution in [0.1, 0.15) is 21.5 Å². The van der Waals surface area contributed by atoms with Gasteiger partial charge in [0.2, 0.25) is 0 Å². The number of amides is 1. The van der Waals surface area contributed by atoms with E-state index in [1.807, 2.05) is 6.07 Å². The molecule has 0 aliphatic rings. The Bertz CT molecular complexity index is 1130. The second-order valence-corrected chi connectivity index (χ2v) is 8.27. The molecule has 0 saturated carbocycles. The Morgan fingerprint density at radius 3 is 2.59 bits per heavy atom. The number of rotatable bonds is 6. The lowest BCUT2D eigenvalue weighted by Gasteiger charge is -2.19. The van der Waals surface area contributed by atoms with E-state index in [0.29, 0.717) is 6.54 Å². The molecule has 6 nitrogen and oxygen atoms in total. The summed E-state index contributed by atoms with van der Waals surface area (Å²) in [6.07, 6.45) is 3.31. The molecule has 1 heterocycles. The van der Waals surface area contributed by atoms with Gasteiger partial charge in [0.1, 0.15) is 5.82 Å². The van der Waals surface area contributed by atoms with Crippen LogP contribution in [0.5, 0.6) is 0 Å². The summed E-state index contributed by atoms with van der Waals surface area (Å²) < 4.78 is 41.4. The highest BCUT2D eigenvalue weighted by atomic mass is 32.2. The number of aryl methyl sites for hydroxylation is 1. The highest BCUT2D eigenvalue weighted by Crippen LogP contribution is 2.23. The van der Waals surface area contributed by atoms with Gasteiger partial charge in [-0.1, -0.05) is 18.2 Å². The summed E-state index contributed by atoms with van der Waals surface area (Å²) in [5.74, 6) is -0.834. The predicted molar refractivity (Wildman–Crippen MR) is 108 cm³/mol. The van der Waals surface area contributed by atoms with Crippen LogP contribution in [0.2, 0.25) is 0 Å². The molecule has 0 aliphatic heterocycles. The van der Waals surface area contributed by atoms with Crippen molar-refractivity contribution in [2.75, 3.05) is 11.8 Å². The van der Waals surface area contributed by atoms with Crippen molar-refractivity contribution in [2.45, 2.75) is 18.4 Å². The molecule has 0 aliphatic carbocycles. The second-order valence-electron chi connectivity index (χ2n) is 6.58. The van der Waals surface area contributed by atoms with Gasteiger partial charge in [0, 0.05) is 26.0 Å². The van der Waals surface area contributed by atoms with Crippen LogP contribution in [-0.2, 0) is 16.6 Å². The third-order valence-corrected chi connectivity index (χ3v) is 5.69. The summed E-state index contributed by atoms with van der Waals surface area (Å²) in [5, 5.41) is 0. The Hall–Kier alpha value is -3.26. The number of para-hydroxylation sites is 1. The van der Waals surface area contributed by atoms with Gasteiger partial charge in [0.05, 0.1) is 16.1 Å². The molecule has 1 aromatic heterocycles. The van der Waals surface area contributed by atoms with E-state index in [-0.39, 0.29) is 27.6 Å². The van der Waals surface area contributed by atoms with Gasteiger partial charge < -0.3 is 4.90 Å². The molecule has 0 saturated heterocycles. The number of nitrogens with one attached hydrogen (secondary N) is 1. The van der Waals surface area contributed by atoms with Gasteiger partial charge in [-0.2, -0.15) is 0 Å². The number of hydrogen-bond donors (Lipinski definition) is 1. The summed E-state index contributed by atoms with van der Waals surface area (Å²) in [5.41, 5.74) is 1.43. The minimum Gasteiger partial charge on any atom is -0.337 e. The minimum atomic E-state index is -3.99. The topological polar surface area (TPSA) is 79.4 Å². The van der Waals surface area contributed by atoms with Gasteiger partial charge >= 0.3 is 0 Å². The molecule has 1 N–H and O–H groups in total. The molecule has 2 aromatic carbocycles. The molecule has 1 amide bonds. The highest BCUT2D eigenvalue weighted by Gasteiger charge is 2.21. The molecular formula is C21H20FN3O3S. The van der Waals surface area contributed by atoms with Gasteiger partial charge in [-0.15, -0.1) is 0 Å². The van der Waals surface area contributed by atoms with Crippen molar-refractivity contribution in [3.8, 4) is 0 Å². The third kappa shape index (κ3) is 4.78. The minimum absolute atomic E-state index is 0.0811. The van der Waals surface area contributed by atoms with E-state index in [1.54, 1.807) is 43.7 Å². The number of anilines is 1. The number of carbonyl (C=O) groups excluding carboxylic acids is 1. The van der Waals surface area contributed by atoms with Crippen molar-refractivity contribution < 1.29 is 17.6 Å². The number of carbonyl (C=O) groups is 1. The van der Waals surface area contributed by atoms with Crippen LogP contribution in [0.25, 0.3) is 0 Å². The molecular weight excluding hydrogens is 393 g/mol. The third-order valence-electron chi connectivity index (χ3n) is 4.33. The van der Waals surface area contributed by atoms with E-state index in [1.165, 1.54) is 30.0 Å². The Labute approximate surface area is 169 Å². The first-order chi connectivity index (χ1) is 13.8. The SMILES string of the molecule is Cc1cc(S(=O)(=O)Nc2ccccc2C(=O)N(C)Cc2cccnc2)ccc1F. The lowest BCUT2D eigenvalue weighted by molar-refractivity contribution is 0.0786. The molecule has 150 valence electrons. The number of halogens is 1. The Balaban J connectivity index is 1.86. The molecule has 0 fully saturated rings. The van der Waals surface area contributed by atoms with Crippen molar-refractivity contribution in [2.24, 2.45) is 0 Å². The quantitative estimate of drug-likeness (QED) is 0.670. The zero-order valence-electron chi connectivity index (χ0n) is 16.0. The van der Waals surface area contributed by atoms with Crippen molar-refractivity contribution in [3.63, 3.8) is 0 Å². The van der Waals surface area contributed by atoms with Crippen LogP contribution in [0.15, 0.2) is 71.9 Å². The lowest BCUT2D eigenvalue weighted by atomic mass is 10.1. The van der Waals surface area contributed by atoms with Crippen LogP contribution < -0.4 is 4.72 Å². The van der Waals surface area contributed by atoms with E-state index >= 15 is 0 Å². The molecule has 0 atom stereocenters. The maximum absolute atomic E-state index is 13.5. The predicted octanol–water partition coefficient (Wildman–Crippen LogP) is 3.60. The molecule has 0 unspecified atom stereocenters. The van der Waals surface area contributed by atoms with Crippen molar-refractivity contribution in [1.82, 2.24) is 9.88 Å². The molecule has 3 rings (SSSR count). The average molecular weight is 413 g/mol. The number of benzene rings is 2. The number of sulfonamides is 1. The van der Waals surface area contributed by atoms with Gasteiger partial charge in [0.15, 0.2) is 0 Å². The standard InChI is InChI=1S/C21H20FN3O3S/c1-15-12-17(9-10-19(15)22)29(27,28)24-20-8-4-3-7-18(20)21(26)25(2)14-16-6-5-11-23-13-16/h3-13,24H,14H2,1-2H3. The van der Waals surface area contributed by atoms with E-state index in [9.17, 15) is 17.6 Å². The Kier molecular flexibility index (Phi) is 5.93. The van der Waals surface area contributed by atoms with E-state index < -0.39 is 15.8 Å². The number of aromatic nitrogens is 1. The summed E-state index contributed by atoms with van der Waals surface area (Å²) in [6.45, 7) is 1.81. The van der Waals surface area contributed by atoms with Gasteiger partial charge in [-0.25, -0.2) is 12.8 Å². The van der Waals surface area contributed by atoms with Crippen LogP contribution in [-0.4, -0.2) is 31.3 Å². The summed E-state index contributed by atoms with van der Waals surface area (Å²) in [7, 11) is -2.36. The maximum Gasteiger partial charge on any atom is 0.261 e. The molecule has 0 radical (unpaired) electrons. The Morgan fingerprint density at radius 1 is 1.14 bits per heavy atom. The number of nitrogens with zero attached hydrogens (tertiary/aromatic N) is 2. The monoisotopic (exact) mass is 413 g/mol. The number of hydrogen-bond acceptors (Lipinski definition) is 4. The van der Waals surface area contributed by atoms with Crippen LogP contribution in [0, 0.1) is 12.7 Å². The van der Waals surface area contributed by atoms with E-state index in [2.05, 4.69) is 9.71 Å². The van der Waals surface area contributed by atoms with Crippen LogP contribution in [0.3, 0.4) is 0 Å². The zero-order chi connectivity index (χ0) is 21.0. The Morgan fingerprint density at radius 2 is 1.90 bits per heavy atom. The normalized spacial score (nSPS) is 11.1. The first-order valence-corrected chi connectivity index (χ1v) is 10.3. The lowest BCUT2D eigenvalue weighted by Crippen LogP contribution is -2.27. The van der Waals surface area contributed by atoms with Crippen molar-refractivity contribution in [1.29, 1.82) is 0 Å². The van der Waals surface area contributed by atoms with Crippen LogP contribution in [0.4, 0.5) is 10.1 Å². The zero-order valence-corrected chi connectivity index (χ0v) is 16.8. The maximum atomic E-state index is 13.5. The molecule has 0 bridgehead atoms. The first-order valence-electron chi connectivity index (χ1n) is 8.80. The molecule has 0 spiro atoms. The fourth-order valence-corrected chi connectivity index (χ4v) is 3.95. The summed E-state index contributed by atoms with van der Waals surface area (Å²) in [6, 6.07) is 13.5. The second kappa shape index (κ2) is 8.40. The van der Waals surface area contributed by atoms with Gasteiger partial charge in [0.25, 0.3) is 15.9 Å². The van der Waals surface area contributed by atoms with Crippen LogP contribution >= 0.6 is 0 Å². The summed E-state index contributed by atoms with van der Waals surface area (Å²) in [4.78, 5) is 18.3. The highest BCUT2D eigenvalue weighted by molar-refractivity contribution is 7.92. The fraction of sp³-hybridized carbons (Fsp3) is 0.143.